The largest absolute Gasteiger partial charge is 0.481 e. The zero-order chi connectivity index (χ0) is 9.84. The van der Waals surface area contributed by atoms with Crippen molar-refractivity contribution in [2.24, 2.45) is 11.8 Å². The Morgan fingerprint density at radius 1 is 1.54 bits per heavy atom. The molecule has 3 unspecified atom stereocenters. The van der Waals surface area contributed by atoms with Crippen LogP contribution in [-0.4, -0.2) is 30.6 Å². The first-order valence-corrected chi connectivity index (χ1v) is 4.40. The summed E-state index contributed by atoms with van der Waals surface area (Å²) in [5.41, 5.74) is 0. The molecular formula is C9H14O4. The highest BCUT2D eigenvalue weighted by Gasteiger charge is 2.33. The Bertz CT molecular complexity index is 202. The third-order valence-electron chi connectivity index (χ3n) is 2.66. The number of methoxy groups -OCH3 is 1. The standard InChI is InChI=1S/C9H14O4/c1-13-8-3-2-6(9(11)12)4-7(8)5-10/h5-8H,2-4H2,1H3,(H,11,12). The number of carboxylic acids is 1. The highest BCUT2D eigenvalue weighted by Crippen LogP contribution is 2.29. The normalized spacial score (nSPS) is 34.1. The van der Waals surface area contributed by atoms with Gasteiger partial charge in [-0.3, -0.25) is 4.79 Å². The van der Waals surface area contributed by atoms with Crippen LogP contribution in [0.25, 0.3) is 0 Å². The van der Waals surface area contributed by atoms with Gasteiger partial charge >= 0.3 is 5.97 Å². The van der Waals surface area contributed by atoms with E-state index in [0.717, 1.165) is 6.29 Å². The molecule has 1 aliphatic rings. The lowest BCUT2D eigenvalue weighted by Crippen LogP contribution is -2.34. The minimum atomic E-state index is -0.804. The van der Waals surface area contributed by atoms with Crippen LogP contribution < -0.4 is 0 Å². The average Bonchev–Trinajstić information content (AvgIpc) is 2.16. The van der Waals surface area contributed by atoms with Gasteiger partial charge in [0.05, 0.1) is 12.0 Å². The molecule has 0 aliphatic heterocycles. The van der Waals surface area contributed by atoms with Gasteiger partial charge in [0.2, 0.25) is 0 Å². The van der Waals surface area contributed by atoms with E-state index >= 15 is 0 Å². The Kier molecular flexibility index (Phi) is 3.42. The summed E-state index contributed by atoms with van der Waals surface area (Å²) in [6, 6.07) is 0. The summed E-state index contributed by atoms with van der Waals surface area (Å²) in [6.45, 7) is 0. The van der Waals surface area contributed by atoms with E-state index in [0.29, 0.717) is 19.3 Å². The van der Waals surface area contributed by atoms with Crippen LogP contribution in [-0.2, 0) is 14.3 Å². The van der Waals surface area contributed by atoms with Gasteiger partial charge in [-0.05, 0) is 19.3 Å². The monoisotopic (exact) mass is 186 g/mol. The summed E-state index contributed by atoms with van der Waals surface area (Å²) in [4.78, 5) is 21.3. The Morgan fingerprint density at radius 3 is 2.69 bits per heavy atom. The molecule has 0 bridgehead atoms. The molecule has 74 valence electrons. The summed E-state index contributed by atoms with van der Waals surface area (Å²) >= 11 is 0. The minimum Gasteiger partial charge on any atom is -0.481 e. The van der Waals surface area contributed by atoms with Crippen molar-refractivity contribution >= 4 is 12.3 Å². The van der Waals surface area contributed by atoms with Gasteiger partial charge in [-0.1, -0.05) is 0 Å². The first-order valence-electron chi connectivity index (χ1n) is 4.40. The number of aldehydes is 1. The van der Waals surface area contributed by atoms with Crippen LogP contribution in [0.1, 0.15) is 19.3 Å². The molecule has 1 N–H and O–H groups in total. The van der Waals surface area contributed by atoms with Crippen molar-refractivity contribution in [1.29, 1.82) is 0 Å². The third-order valence-corrected chi connectivity index (χ3v) is 2.66. The number of hydrogen-bond acceptors (Lipinski definition) is 3. The molecule has 0 radical (unpaired) electrons. The zero-order valence-electron chi connectivity index (χ0n) is 7.60. The van der Waals surface area contributed by atoms with Gasteiger partial charge in [-0.2, -0.15) is 0 Å². The fraction of sp³-hybridized carbons (Fsp3) is 0.778. The van der Waals surface area contributed by atoms with Crippen LogP contribution in [0.4, 0.5) is 0 Å². The molecule has 13 heavy (non-hydrogen) atoms. The lowest BCUT2D eigenvalue weighted by molar-refractivity contribution is -0.145. The number of hydrogen-bond donors (Lipinski definition) is 1. The third kappa shape index (κ3) is 2.28. The first-order chi connectivity index (χ1) is 6.19. The van der Waals surface area contributed by atoms with E-state index in [4.69, 9.17) is 9.84 Å². The van der Waals surface area contributed by atoms with Crippen molar-refractivity contribution in [3.63, 3.8) is 0 Å². The second kappa shape index (κ2) is 4.37. The maximum absolute atomic E-state index is 10.7. The molecule has 1 fully saturated rings. The second-order valence-corrected chi connectivity index (χ2v) is 3.42. The van der Waals surface area contributed by atoms with Crippen LogP contribution >= 0.6 is 0 Å². The van der Waals surface area contributed by atoms with Crippen molar-refractivity contribution in [1.82, 2.24) is 0 Å². The number of carbonyl (C=O) groups is 2. The molecule has 0 heterocycles. The van der Waals surface area contributed by atoms with Crippen molar-refractivity contribution < 1.29 is 19.4 Å². The Balaban J connectivity index is 2.57. The van der Waals surface area contributed by atoms with Gasteiger partial charge in [0.15, 0.2) is 0 Å². The van der Waals surface area contributed by atoms with Gasteiger partial charge < -0.3 is 14.6 Å². The number of carbonyl (C=O) groups excluding carboxylic acids is 1. The molecule has 0 aromatic rings. The number of rotatable bonds is 3. The summed E-state index contributed by atoms with van der Waals surface area (Å²) < 4.78 is 5.10. The maximum atomic E-state index is 10.7. The predicted molar refractivity (Wildman–Crippen MR) is 45.3 cm³/mol. The molecule has 4 heteroatoms. The van der Waals surface area contributed by atoms with E-state index in [1.54, 1.807) is 7.11 Å². The van der Waals surface area contributed by atoms with E-state index in [1.165, 1.54) is 0 Å². The molecule has 0 aromatic heterocycles. The average molecular weight is 186 g/mol. The highest BCUT2D eigenvalue weighted by atomic mass is 16.5. The minimum absolute atomic E-state index is 0.0897. The van der Waals surface area contributed by atoms with Crippen molar-refractivity contribution in [2.45, 2.75) is 25.4 Å². The van der Waals surface area contributed by atoms with Crippen molar-refractivity contribution in [3.05, 3.63) is 0 Å². The quantitative estimate of drug-likeness (QED) is 0.659. The molecule has 1 aliphatic carbocycles. The van der Waals surface area contributed by atoms with Gasteiger partial charge in [0, 0.05) is 13.0 Å². The van der Waals surface area contributed by atoms with Crippen LogP contribution in [0, 0.1) is 11.8 Å². The topological polar surface area (TPSA) is 63.6 Å². The Labute approximate surface area is 76.9 Å². The van der Waals surface area contributed by atoms with Crippen LogP contribution in [0.15, 0.2) is 0 Å². The van der Waals surface area contributed by atoms with Gasteiger partial charge in [-0.15, -0.1) is 0 Å². The molecule has 0 spiro atoms. The Morgan fingerprint density at radius 2 is 2.23 bits per heavy atom. The van der Waals surface area contributed by atoms with E-state index in [1.807, 2.05) is 0 Å². The van der Waals surface area contributed by atoms with Gasteiger partial charge in [-0.25, -0.2) is 0 Å². The lowest BCUT2D eigenvalue weighted by atomic mass is 9.80. The molecule has 0 aromatic carbocycles. The number of aliphatic carboxylic acids is 1. The van der Waals surface area contributed by atoms with Crippen LogP contribution in [0.5, 0.6) is 0 Å². The van der Waals surface area contributed by atoms with Crippen molar-refractivity contribution in [3.8, 4) is 0 Å². The molecule has 0 saturated heterocycles. The molecule has 1 saturated carbocycles. The number of carboxylic acid groups (broad SMARTS) is 1. The first kappa shape index (κ1) is 10.2. The molecule has 1 rings (SSSR count). The van der Waals surface area contributed by atoms with Crippen LogP contribution in [0.3, 0.4) is 0 Å². The predicted octanol–water partition coefficient (Wildman–Crippen LogP) is 0.701. The highest BCUT2D eigenvalue weighted by molar-refractivity contribution is 5.71. The van der Waals surface area contributed by atoms with Gasteiger partial charge in [0.25, 0.3) is 0 Å². The van der Waals surface area contributed by atoms with E-state index < -0.39 is 5.97 Å². The SMILES string of the molecule is COC1CCC(C(=O)O)CC1C=O. The Hall–Kier alpha value is -0.900. The second-order valence-electron chi connectivity index (χ2n) is 3.42. The lowest BCUT2D eigenvalue weighted by Gasteiger charge is -2.29. The van der Waals surface area contributed by atoms with E-state index in [-0.39, 0.29) is 17.9 Å². The zero-order valence-corrected chi connectivity index (χ0v) is 7.60. The summed E-state index contributed by atoms with van der Waals surface area (Å²) in [5.74, 6) is -1.43. The fourth-order valence-electron chi connectivity index (χ4n) is 1.84. The fourth-order valence-corrected chi connectivity index (χ4v) is 1.84. The molecular weight excluding hydrogens is 172 g/mol. The summed E-state index contributed by atoms with van der Waals surface area (Å²) in [5, 5.41) is 8.75. The molecule has 4 nitrogen and oxygen atoms in total. The maximum Gasteiger partial charge on any atom is 0.306 e. The number of ether oxygens (including phenoxy) is 1. The smallest absolute Gasteiger partial charge is 0.306 e. The van der Waals surface area contributed by atoms with Crippen molar-refractivity contribution in [2.75, 3.05) is 7.11 Å². The molecule has 0 amide bonds. The van der Waals surface area contributed by atoms with E-state index in [9.17, 15) is 9.59 Å². The van der Waals surface area contributed by atoms with Gasteiger partial charge in [0.1, 0.15) is 6.29 Å². The molecule has 3 atom stereocenters. The summed E-state index contributed by atoms with van der Waals surface area (Å²) in [6.07, 6.45) is 2.41. The van der Waals surface area contributed by atoms with Crippen LogP contribution in [0.2, 0.25) is 0 Å². The summed E-state index contributed by atoms with van der Waals surface area (Å²) in [7, 11) is 1.56. The van der Waals surface area contributed by atoms with E-state index in [2.05, 4.69) is 0 Å².